The van der Waals surface area contributed by atoms with E-state index in [1.807, 2.05) is 13.0 Å². The number of aromatic amines is 1. The van der Waals surface area contributed by atoms with Crippen LogP contribution in [0.4, 0.5) is 11.4 Å². The summed E-state index contributed by atoms with van der Waals surface area (Å²) in [6.07, 6.45) is 0. The zero-order valence-corrected chi connectivity index (χ0v) is 9.73. The number of nitrogen functional groups attached to an aromatic ring is 1. The molecule has 0 atom stereocenters. The molecular weight excluding hydrogens is 232 g/mol. The largest absolute Gasteiger partial charge is 0.397 e. The summed E-state index contributed by atoms with van der Waals surface area (Å²) in [5.74, 6) is -0.424. The van der Waals surface area contributed by atoms with Crippen LogP contribution < -0.4 is 16.6 Å². The van der Waals surface area contributed by atoms with Crippen LogP contribution >= 0.6 is 0 Å². The maximum atomic E-state index is 11.9. The molecule has 6 heteroatoms. The Balaban J connectivity index is 2.27. The SMILES string of the molecule is Cc1cccc(N)c1NC(=O)c1ccc(=O)[nH]n1. The van der Waals surface area contributed by atoms with Crippen molar-refractivity contribution in [1.29, 1.82) is 0 Å². The fourth-order valence-electron chi connectivity index (χ4n) is 1.51. The molecule has 1 heterocycles. The first kappa shape index (κ1) is 11.8. The number of nitrogens with two attached hydrogens (primary N) is 1. The van der Waals surface area contributed by atoms with E-state index in [4.69, 9.17) is 5.73 Å². The van der Waals surface area contributed by atoms with Crippen LogP contribution in [0.2, 0.25) is 0 Å². The topological polar surface area (TPSA) is 101 Å². The third kappa shape index (κ3) is 2.37. The van der Waals surface area contributed by atoms with Crippen LogP contribution in [-0.4, -0.2) is 16.1 Å². The molecule has 0 aliphatic rings. The van der Waals surface area contributed by atoms with Crippen molar-refractivity contribution in [3.63, 3.8) is 0 Å². The first-order chi connectivity index (χ1) is 8.58. The number of amides is 1. The van der Waals surface area contributed by atoms with Gasteiger partial charge in [0.05, 0.1) is 11.4 Å². The fourth-order valence-corrected chi connectivity index (χ4v) is 1.51. The lowest BCUT2D eigenvalue weighted by Crippen LogP contribution is -2.18. The van der Waals surface area contributed by atoms with Gasteiger partial charge in [0.2, 0.25) is 0 Å². The second kappa shape index (κ2) is 4.70. The summed E-state index contributed by atoms with van der Waals surface area (Å²) >= 11 is 0. The summed E-state index contributed by atoms with van der Waals surface area (Å²) in [5.41, 5.74) is 7.43. The van der Waals surface area contributed by atoms with Crippen molar-refractivity contribution in [2.24, 2.45) is 0 Å². The zero-order chi connectivity index (χ0) is 13.1. The second-order valence-corrected chi connectivity index (χ2v) is 3.80. The van der Waals surface area contributed by atoms with Gasteiger partial charge in [0.1, 0.15) is 5.69 Å². The number of nitrogens with zero attached hydrogens (tertiary/aromatic N) is 1. The quantitative estimate of drug-likeness (QED) is 0.683. The van der Waals surface area contributed by atoms with Crippen molar-refractivity contribution in [3.05, 3.63) is 51.9 Å². The van der Waals surface area contributed by atoms with Gasteiger partial charge in [-0.3, -0.25) is 9.59 Å². The van der Waals surface area contributed by atoms with E-state index < -0.39 is 5.91 Å². The molecule has 0 aliphatic carbocycles. The molecule has 0 fully saturated rings. The first-order valence-corrected chi connectivity index (χ1v) is 5.30. The number of rotatable bonds is 2. The summed E-state index contributed by atoms with van der Waals surface area (Å²) in [5, 5.41) is 8.51. The molecule has 0 unspecified atom stereocenters. The highest BCUT2D eigenvalue weighted by molar-refractivity contribution is 6.04. The van der Waals surface area contributed by atoms with E-state index in [0.717, 1.165) is 5.56 Å². The number of carbonyl (C=O) groups is 1. The number of aromatic nitrogens is 2. The van der Waals surface area contributed by atoms with Crippen LogP contribution in [0.1, 0.15) is 16.1 Å². The van der Waals surface area contributed by atoms with E-state index in [-0.39, 0.29) is 11.3 Å². The molecule has 1 aromatic carbocycles. The van der Waals surface area contributed by atoms with Gasteiger partial charge in [0.25, 0.3) is 11.5 Å². The van der Waals surface area contributed by atoms with Crippen molar-refractivity contribution < 1.29 is 4.79 Å². The molecule has 92 valence electrons. The van der Waals surface area contributed by atoms with Gasteiger partial charge in [-0.05, 0) is 24.6 Å². The maximum Gasteiger partial charge on any atom is 0.276 e. The van der Waals surface area contributed by atoms with Crippen LogP contribution in [0.25, 0.3) is 0 Å². The molecular formula is C12H12N4O2. The third-order valence-electron chi connectivity index (χ3n) is 2.46. The first-order valence-electron chi connectivity index (χ1n) is 5.30. The number of nitrogens with one attached hydrogen (secondary N) is 2. The molecule has 2 rings (SSSR count). The highest BCUT2D eigenvalue weighted by atomic mass is 16.2. The minimum atomic E-state index is -0.424. The highest BCUT2D eigenvalue weighted by Crippen LogP contribution is 2.22. The molecule has 0 spiro atoms. The second-order valence-electron chi connectivity index (χ2n) is 3.80. The third-order valence-corrected chi connectivity index (χ3v) is 2.46. The standard InChI is InChI=1S/C12H12N4O2/c1-7-3-2-4-8(13)11(7)14-12(18)9-5-6-10(17)16-15-9/h2-6H,13H2,1H3,(H,14,18)(H,16,17). The molecule has 0 saturated heterocycles. The normalized spacial score (nSPS) is 10.1. The van der Waals surface area contributed by atoms with Crippen LogP contribution in [0.5, 0.6) is 0 Å². The number of anilines is 2. The number of hydrogen-bond acceptors (Lipinski definition) is 4. The van der Waals surface area contributed by atoms with Crippen molar-refractivity contribution in [2.75, 3.05) is 11.1 Å². The Morgan fingerprint density at radius 3 is 2.72 bits per heavy atom. The molecule has 0 aliphatic heterocycles. The van der Waals surface area contributed by atoms with E-state index in [1.165, 1.54) is 12.1 Å². The minimum Gasteiger partial charge on any atom is -0.397 e. The molecule has 18 heavy (non-hydrogen) atoms. The lowest BCUT2D eigenvalue weighted by Gasteiger charge is -2.10. The van der Waals surface area contributed by atoms with E-state index in [9.17, 15) is 9.59 Å². The number of hydrogen-bond donors (Lipinski definition) is 3. The van der Waals surface area contributed by atoms with E-state index in [1.54, 1.807) is 12.1 Å². The molecule has 0 saturated carbocycles. The molecule has 0 radical (unpaired) electrons. The van der Waals surface area contributed by atoms with Crippen LogP contribution in [0.15, 0.2) is 35.1 Å². The van der Waals surface area contributed by atoms with Crippen molar-refractivity contribution >= 4 is 17.3 Å². The lowest BCUT2D eigenvalue weighted by molar-refractivity contribution is 0.102. The Morgan fingerprint density at radius 2 is 2.11 bits per heavy atom. The molecule has 1 amide bonds. The van der Waals surface area contributed by atoms with Gasteiger partial charge in [-0.1, -0.05) is 12.1 Å². The van der Waals surface area contributed by atoms with Gasteiger partial charge in [-0.2, -0.15) is 5.10 Å². The van der Waals surface area contributed by atoms with Gasteiger partial charge in [-0.25, -0.2) is 5.10 Å². The predicted octanol–water partition coefficient (Wildman–Crippen LogP) is 0.913. The molecule has 6 nitrogen and oxygen atoms in total. The summed E-state index contributed by atoms with van der Waals surface area (Å²) < 4.78 is 0. The predicted molar refractivity (Wildman–Crippen MR) is 68.4 cm³/mol. The van der Waals surface area contributed by atoms with Gasteiger partial charge in [-0.15, -0.1) is 0 Å². The number of benzene rings is 1. The van der Waals surface area contributed by atoms with E-state index in [0.29, 0.717) is 11.4 Å². The summed E-state index contributed by atoms with van der Waals surface area (Å²) in [6, 6.07) is 7.93. The fraction of sp³-hybridized carbons (Fsp3) is 0.0833. The zero-order valence-electron chi connectivity index (χ0n) is 9.73. The Hall–Kier alpha value is -2.63. The maximum absolute atomic E-state index is 11.9. The highest BCUT2D eigenvalue weighted by Gasteiger charge is 2.11. The van der Waals surface area contributed by atoms with E-state index in [2.05, 4.69) is 15.5 Å². The smallest absolute Gasteiger partial charge is 0.276 e. The molecule has 2 aromatic rings. The van der Waals surface area contributed by atoms with Crippen molar-refractivity contribution in [2.45, 2.75) is 6.92 Å². The van der Waals surface area contributed by atoms with Crippen LogP contribution in [0, 0.1) is 6.92 Å². The lowest BCUT2D eigenvalue weighted by atomic mass is 10.1. The average Bonchev–Trinajstić information content (AvgIpc) is 2.34. The number of H-pyrrole nitrogens is 1. The number of aryl methyl sites for hydroxylation is 1. The average molecular weight is 244 g/mol. The molecule has 0 bridgehead atoms. The number of carbonyl (C=O) groups excluding carboxylic acids is 1. The Morgan fingerprint density at radius 1 is 1.33 bits per heavy atom. The Kier molecular flexibility index (Phi) is 3.09. The molecule has 4 N–H and O–H groups in total. The van der Waals surface area contributed by atoms with Crippen molar-refractivity contribution in [1.82, 2.24) is 10.2 Å². The Bertz CT molecular complexity index is 608. The van der Waals surface area contributed by atoms with Gasteiger partial charge >= 0.3 is 0 Å². The minimum absolute atomic E-state index is 0.122. The monoisotopic (exact) mass is 244 g/mol. The molecule has 1 aromatic heterocycles. The van der Waals surface area contributed by atoms with Gasteiger partial charge in [0, 0.05) is 6.07 Å². The summed E-state index contributed by atoms with van der Waals surface area (Å²) in [7, 11) is 0. The van der Waals surface area contributed by atoms with Gasteiger partial charge < -0.3 is 11.1 Å². The van der Waals surface area contributed by atoms with E-state index >= 15 is 0 Å². The van der Waals surface area contributed by atoms with Crippen molar-refractivity contribution in [3.8, 4) is 0 Å². The Labute approximate surface area is 103 Å². The van der Waals surface area contributed by atoms with Crippen LogP contribution in [-0.2, 0) is 0 Å². The number of para-hydroxylation sites is 1. The van der Waals surface area contributed by atoms with Crippen LogP contribution in [0.3, 0.4) is 0 Å². The van der Waals surface area contributed by atoms with Gasteiger partial charge in [0.15, 0.2) is 0 Å². The summed E-state index contributed by atoms with van der Waals surface area (Å²) in [4.78, 5) is 22.7. The summed E-state index contributed by atoms with van der Waals surface area (Å²) in [6.45, 7) is 1.84.